The molecule has 2 heterocycles. The van der Waals surface area contributed by atoms with Crippen molar-refractivity contribution < 1.29 is 14.6 Å². The Hall–Kier alpha value is -2.34. The number of nitrogens with zero attached hydrogens (tertiary/aromatic N) is 1. The van der Waals surface area contributed by atoms with Gasteiger partial charge in [0, 0.05) is 29.5 Å². The Bertz CT molecular complexity index is 879. The van der Waals surface area contributed by atoms with E-state index in [2.05, 4.69) is 33.2 Å². The minimum Gasteiger partial charge on any atom is -0.508 e. The van der Waals surface area contributed by atoms with E-state index >= 15 is 0 Å². The molecule has 140 valence electrons. The molecule has 0 atom stereocenters. The molecule has 0 saturated heterocycles. The van der Waals surface area contributed by atoms with Gasteiger partial charge in [-0.2, -0.15) is 0 Å². The summed E-state index contributed by atoms with van der Waals surface area (Å²) < 4.78 is 4.47. The van der Waals surface area contributed by atoms with E-state index in [0.717, 1.165) is 24.7 Å². The van der Waals surface area contributed by atoms with Gasteiger partial charge in [0.2, 0.25) is 0 Å². The second-order valence-corrected chi connectivity index (χ2v) is 7.54. The summed E-state index contributed by atoms with van der Waals surface area (Å²) in [6, 6.07) is 16.3. The number of phenolic OH excluding ortho intramolecular Hbond substituents is 1. The van der Waals surface area contributed by atoms with Gasteiger partial charge < -0.3 is 9.84 Å². The second kappa shape index (κ2) is 9.55. The van der Waals surface area contributed by atoms with E-state index in [1.807, 2.05) is 23.5 Å². The first-order valence-electron chi connectivity index (χ1n) is 8.56. The third-order valence-corrected chi connectivity index (χ3v) is 5.65. The van der Waals surface area contributed by atoms with E-state index < -0.39 is 0 Å². The second-order valence-electron chi connectivity index (χ2n) is 6.13. The van der Waals surface area contributed by atoms with Crippen LogP contribution in [-0.4, -0.2) is 23.0 Å². The molecule has 0 bridgehead atoms. The van der Waals surface area contributed by atoms with E-state index in [0.29, 0.717) is 12.2 Å². The highest BCUT2D eigenvalue weighted by atomic mass is 35.5. The zero-order valence-corrected chi connectivity index (χ0v) is 16.2. The van der Waals surface area contributed by atoms with Crippen molar-refractivity contribution in [3.63, 3.8) is 0 Å². The van der Waals surface area contributed by atoms with Gasteiger partial charge in [0.15, 0.2) is 0 Å². The van der Waals surface area contributed by atoms with Crippen LogP contribution in [-0.2, 0) is 24.3 Å². The summed E-state index contributed by atoms with van der Waals surface area (Å²) in [6.07, 6.45) is 1.18. The number of carbonyl (C=O) groups excluding carboxylic acids is 1. The first-order chi connectivity index (χ1) is 13.2. The first kappa shape index (κ1) is 19.4. The lowest BCUT2D eigenvalue weighted by atomic mass is 10.1. The number of halogens is 1. The first-order valence-corrected chi connectivity index (χ1v) is 9.82. The summed E-state index contributed by atoms with van der Waals surface area (Å²) in [6.45, 7) is 3.49. The zero-order chi connectivity index (χ0) is 19.1. The number of hydrogen-bond acceptors (Lipinski definition) is 5. The van der Waals surface area contributed by atoms with Crippen molar-refractivity contribution in [2.45, 2.75) is 19.5 Å². The fraction of sp³-hybridized carbons (Fsp3) is 0.190. The Kier molecular flexibility index (Phi) is 6.87. The van der Waals surface area contributed by atoms with Crippen LogP contribution in [0.2, 0.25) is 5.02 Å². The number of thiophene rings is 1. The maximum atomic E-state index is 9.77. The molecule has 1 aromatic heterocycles. The van der Waals surface area contributed by atoms with Crippen LogP contribution in [0.15, 0.2) is 60.0 Å². The number of rotatable bonds is 4. The summed E-state index contributed by atoms with van der Waals surface area (Å²) in [7, 11) is 0. The average Bonchev–Trinajstić information content (AvgIpc) is 3.14. The van der Waals surface area contributed by atoms with Crippen LogP contribution >= 0.6 is 22.9 Å². The number of phenols is 1. The molecule has 0 fully saturated rings. The minimum absolute atomic E-state index is 0.151. The van der Waals surface area contributed by atoms with Gasteiger partial charge in [-0.05, 0) is 59.3 Å². The van der Waals surface area contributed by atoms with Crippen molar-refractivity contribution >= 4 is 29.4 Å². The molecule has 1 aliphatic heterocycles. The number of hydrogen-bond donors (Lipinski definition) is 1. The van der Waals surface area contributed by atoms with Crippen LogP contribution in [0.4, 0.5) is 0 Å². The van der Waals surface area contributed by atoms with E-state index in [1.54, 1.807) is 4.88 Å². The van der Waals surface area contributed by atoms with Gasteiger partial charge in [0.05, 0.1) is 0 Å². The summed E-state index contributed by atoms with van der Waals surface area (Å²) in [5.74, 6) is 0.575. The SMILES string of the molecule is Clc1ccccc1CN1CCc2sccc2C1.O=COc1ccc(O)cc1. The fourth-order valence-electron chi connectivity index (χ4n) is 2.89. The molecule has 0 unspecified atom stereocenters. The normalized spacial score (nSPS) is 13.2. The van der Waals surface area contributed by atoms with Gasteiger partial charge >= 0.3 is 0 Å². The van der Waals surface area contributed by atoms with Crippen LogP contribution in [0.5, 0.6) is 11.5 Å². The zero-order valence-electron chi connectivity index (χ0n) is 14.7. The molecule has 1 N–H and O–H groups in total. The Labute approximate surface area is 167 Å². The number of fused-ring (bicyclic) bond motifs is 1. The van der Waals surface area contributed by atoms with Crippen molar-refractivity contribution in [3.8, 4) is 11.5 Å². The lowest BCUT2D eigenvalue weighted by Gasteiger charge is -2.27. The molecule has 0 amide bonds. The molecule has 3 aromatic rings. The Morgan fingerprint density at radius 1 is 1.15 bits per heavy atom. The Balaban J connectivity index is 0.000000180. The highest BCUT2D eigenvalue weighted by Crippen LogP contribution is 2.26. The third-order valence-electron chi connectivity index (χ3n) is 4.26. The lowest BCUT2D eigenvalue weighted by molar-refractivity contribution is -0.120. The smallest absolute Gasteiger partial charge is 0.298 e. The maximum absolute atomic E-state index is 9.77. The Morgan fingerprint density at radius 3 is 2.67 bits per heavy atom. The van der Waals surface area contributed by atoms with Gasteiger partial charge in [-0.3, -0.25) is 9.69 Å². The summed E-state index contributed by atoms with van der Waals surface area (Å²) in [5, 5.41) is 11.9. The van der Waals surface area contributed by atoms with E-state index in [9.17, 15) is 4.79 Å². The highest BCUT2D eigenvalue weighted by Gasteiger charge is 2.17. The van der Waals surface area contributed by atoms with E-state index in [4.69, 9.17) is 16.7 Å². The molecular formula is C21H20ClNO3S. The quantitative estimate of drug-likeness (QED) is 0.632. The highest BCUT2D eigenvalue weighted by molar-refractivity contribution is 7.10. The molecule has 1 aliphatic rings. The molecule has 2 aromatic carbocycles. The maximum Gasteiger partial charge on any atom is 0.298 e. The lowest BCUT2D eigenvalue weighted by Crippen LogP contribution is -2.29. The largest absolute Gasteiger partial charge is 0.508 e. The molecule has 6 heteroatoms. The molecule has 4 nitrogen and oxygen atoms in total. The minimum atomic E-state index is 0.151. The average molecular weight is 402 g/mol. The van der Waals surface area contributed by atoms with Crippen molar-refractivity contribution in [1.29, 1.82) is 0 Å². The molecular weight excluding hydrogens is 382 g/mol. The number of carbonyl (C=O) groups is 1. The molecule has 0 spiro atoms. The summed E-state index contributed by atoms with van der Waals surface area (Å²) in [4.78, 5) is 13.8. The number of aromatic hydroxyl groups is 1. The van der Waals surface area contributed by atoms with Crippen LogP contribution in [0.1, 0.15) is 16.0 Å². The van der Waals surface area contributed by atoms with Crippen LogP contribution < -0.4 is 4.74 Å². The topological polar surface area (TPSA) is 49.8 Å². The van der Waals surface area contributed by atoms with E-state index in [-0.39, 0.29) is 5.75 Å². The van der Waals surface area contributed by atoms with Gasteiger partial charge in [-0.1, -0.05) is 29.8 Å². The van der Waals surface area contributed by atoms with E-state index in [1.165, 1.54) is 41.8 Å². The Morgan fingerprint density at radius 2 is 1.93 bits per heavy atom. The van der Waals surface area contributed by atoms with Gasteiger partial charge in [-0.15, -0.1) is 11.3 Å². The van der Waals surface area contributed by atoms with Crippen LogP contribution in [0, 0.1) is 0 Å². The number of ether oxygens (including phenoxy) is 1. The third kappa shape index (κ3) is 5.57. The predicted molar refractivity (Wildman–Crippen MR) is 108 cm³/mol. The van der Waals surface area contributed by atoms with Crippen molar-refractivity contribution in [3.05, 3.63) is 81.0 Å². The van der Waals surface area contributed by atoms with Crippen molar-refractivity contribution in [2.24, 2.45) is 0 Å². The number of benzene rings is 2. The molecule has 27 heavy (non-hydrogen) atoms. The van der Waals surface area contributed by atoms with Crippen LogP contribution in [0.25, 0.3) is 0 Å². The molecule has 0 aliphatic carbocycles. The summed E-state index contributed by atoms with van der Waals surface area (Å²) >= 11 is 8.08. The monoisotopic (exact) mass is 401 g/mol. The van der Waals surface area contributed by atoms with Gasteiger partial charge in [0.1, 0.15) is 11.5 Å². The van der Waals surface area contributed by atoms with Gasteiger partial charge in [0.25, 0.3) is 6.47 Å². The predicted octanol–water partition coefficient (Wildman–Crippen LogP) is 4.89. The summed E-state index contributed by atoms with van der Waals surface area (Å²) in [5.41, 5.74) is 2.72. The van der Waals surface area contributed by atoms with Crippen molar-refractivity contribution in [1.82, 2.24) is 4.90 Å². The molecule has 4 rings (SSSR count). The van der Waals surface area contributed by atoms with Gasteiger partial charge in [-0.25, -0.2) is 0 Å². The molecule has 0 saturated carbocycles. The van der Waals surface area contributed by atoms with Crippen LogP contribution in [0.3, 0.4) is 0 Å². The standard InChI is InChI=1S/C14H14ClNS.C7H6O3/c15-13-4-2-1-3-11(13)9-16-7-5-14-12(10-16)6-8-17-14;8-5-10-7-3-1-6(9)2-4-7/h1-4,6,8H,5,7,9-10H2;1-5,9H. The molecule has 0 radical (unpaired) electrons. The van der Waals surface area contributed by atoms with Crippen molar-refractivity contribution in [2.75, 3.05) is 6.54 Å². The fourth-order valence-corrected chi connectivity index (χ4v) is 3.97.